The zero-order chi connectivity index (χ0) is 28.6. The first-order valence-electron chi connectivity index (χ1n) is 15.2. The molecule has 41 heavy (non-hydrogen) atoms. The second kappa shape index (κ2) is 11.1. The molecule has 0 N–H and O–H groups in total. The fourth-order valence-electron chi connectivity index (χ4n) is 8.49. The van der Waals surface area contributed by atoms with Gasteiger partial charge in [0.05, 0.1) is 11.3 Å². The molecule has 2 aromatic rings. The average molecular weight is 556 g/mol. The molecule has 0 radical (unpaired) electrons. The van der Waals surface area contributed by atoms with E-state index in [0.717, 1.165) is 56.2 Å². The minimum atomic E-state index is -0.235. The van der Waals surface area contributed by atoms with Crippen LogP contribution in [-0.4, -0.2) is 29.9 Å². The summed E-state index contributed by atoms with van der Waals surface area (Å²) < 4.78 is 11.9. The first kappa shape index (κ1) is 27.7. The molecule has 0 amide bonds. The maximum atomic E-state index is 13.1. The van der Waals surface area contributed by atoms with Gasteiger partial charge in [-0.15, -0.1) is 0 Å². The Labute approximate surface area is 243 Å². The first-order valence-corrected chi connectivity index (χ1v) is 15.2. The monoisotopic (exact) mass is 555 g/mol. The maximum absolute atomic E-state index is 13.1. The maximum Gasteiger partial charge on any atom is 0.338 e. The summed E-state index contributed by atoms with van der Waals surface area (Å²) >= 11 is 0. The summed E-state index contributed by atoms with van der Waals surface area (Å²) in [6, 6.07) is 19.4. The van der Waals surface area contributed by atoms with Crippen LogP contribution in [0.5, 0.6) is 0 Å². The van der Waals surface area contributed by atoms with Crippen LogP contribution in [0.2, 0.25) is 0 Å². The molecule has 4 aliphatic rings. The molecule has 216 valence electrons. The van der Waals surface area contributed by atoms with Gasteiger partial charge in [-0.25, -0.2) is 4.79 Å². The summed E-state index contributed by atoms with van der Waals surface area (Å²) in [6.07, 6.45) is 8.59. The Morgan fingerprint density at radius 1 is 0.878 bits per heavy atom. The lowest BCUT2D eigenvalue weighted by Crippen LogP contribution is -2.54. The molecule has 0 bridgehead atoms. The van der Waals surface area contributed by atoms with Gasteiger partial charge in [0, 0.05) is 24.7 Å². The Kier molecular flexibility index (Phi) is 7.52. The molecule has 6 nitrogen and oxygen atoms in total. The van der Waals surface area contributed by atoms with Crippen molar-refractivity contribution < 1.29 is 23.9 Å². The van der Waals surface area contributed by atoms with E-state index in [-0.39, 0.29) is 40.9 Å². The number of rotatable bonds is 6. The molecule has 6 rings (SSSR count). The smallest absolute Gasteiger partial charge is 0.338 e. The van der Waals surface area contributed by atoms with Gasteiger partial charge in [-0.1, -0.05) is 73.1 Å². The van der Waals surface area contributed by atoms with Gasteiger partial charge in [0.15, 0.2) is 0 Å². The van der Waals surface area contributed by atoms with Crippen LogP contribution in [0.3, 0.4) is 0 Å². The van der Waals surface area contributed by atoms with Crippen molar-refractivity contribution in [2.45, 2.75) is 84.5 Å². The van der Waals surface area contributed by atoms with Gasteiger partial charge in [0.25, 0.3) is 0 Å². The molecule has 6 heteroatoms. The van der Waals surface area contributed by atoms with E-state index in [1.54, 1.807) is 0 Å². The van der Waals surface area contributed by atoms with Crippen LogP contribution in [0, 0.1) is 28.6 Å². The third-order valence-corrected chi connectivity index (χ3v) is 10.7. The highest BCUT2D eigenvalue weighted by atomic mass is 16.6. The Bertz CT molecular complexity index is 1340. The van der Waals surface area contributed by atoms with E-state index in [1.165, 1.54) is 12.5 Å². The highest BCUT2D eigenvalue weighted by molar-refractivity contribution is 5.99. The Hall–Kier alpha value is -3.41. The fraction of sp³-hybridized carbons (Fsp3) is 0.514. The number of ether oxygens (including phenoxy) is 2. The predicted octanol–water partition coefficient (Wildman–Crippen LogP) is 7.29. The van der Waals surface area contributed by atoms with Crippen molar-refractivity contribution in [2.75, 3.05) is 0 Å². The third-order valence-electron chi connectivity index (χ3n) is 10.7. The number of allylic oxidation sites excluding steroid dienone is 1. The Morgan fingerprint density at radius 3 is 2.34 bits per heavy atom. The van der Waals surface area contributed by atoms with Crippen LogP contribution in [0.4, 0.5) is 0 Å². The van der Waals surface area contributed by atoms with Crippen LogP contribution in [-0.2, 0) is 25.7 Å². The van der Waals surface area contributed by atoms with E-state index in [1.807, 2.05) is 60.7 Å². The van der Waals surface area contributed by atoms with E-state index in [4.69, 9.17) is 19.5 Å². The van der Waals surface area contributed by atoms with Crippen LogP contribution in [0.25, 0.3) is 0 Å². The summed E-state index contributed by atoms with van der Waals surface area (Å²) in [4.78, 5) is 30.8. The minimum Gasteiger partial charge on any atom is -0.462 e. The second-order valence-electron chi connectivity index (χ2n) is 13.0. The summed E-state index contributed by atoms with van der Waals surface area (Å²) in [6.45, 7) is 6.64. The minimum absolute atomic E-state index is 0.0277. The molecule has 3 unspecified atom stereocenters. The van der Waals surface area contributed by atoms with Crippen LogP contribution in [0.1, 0.15) is 81.6 Å². The van der Waals surface area contributed by atoms with Crippen molar-refractivity contribution in [1.82, 2.24) is 0 Å². The number of nitrogens with zero attached hydrogens (tertiary/aromatic N) is 1. The van der Waals surface area contributed by atoms with Crippen molar-refractivity contribution >= 4 is 17.7 Å². The van der Waals surface area contributed by atoms with Crippen molar-refractivity contribution in [1.29, 1.82) is 0 Å². The van der Waals surface area contributed by atoms with Crippen molar-refractivity contribution in [3.05, 3.63) is 83.4 Å². The number of carbonyl (C=O) groups excluding carboxylic acids is 2. The molecule has 2 aromatic carbocycles. The van der Waals surface area contributed by atoms with Gasteiger partial charge in [0.2, 0.25) is 0 Å². The number of hydrogen-bond acceptors (Lipinski definition) is 6. The second-order valence-corrected chi connectivity index (χ2v) is 13.0. The van der Waals surface area contributed by atoms with Crippen LogP contribution in [0.15, 0.2) is 77.5 Å². The molecular formula is C35H41NO5. The van der Waals surface area contributed by atoms with Crippen molar-refractivity contribution in [2.24, 2.45) is 33.7 Å². The molecule has 0 spiro atoms. The Morgan fingerprint density at radius 2 is 1.61 bits per heavy atom. The standard InChI is InChI=1S/C35H41NO5/c1-23(37)40-27-16-18-34(2)26(20-27)21-30(36-39-22-24-10-6-4-7-11-24)32-28-14-15-31(35(28,3)19-17-29(32)34)41-33(38)25-12-8-5-9-13-25/h4-13,21,27-29,31-32H,14-20,22H2,1-3H3/b36-30-/t27-,28?,29?,31-,32?,34-,35-/m0/s1. The number of esters is 2. The highest BCUT2D eigenvalue weighted by Crippen LogP contribution is 2.65. The highest BCUT2D eigenvalue weighted by Gasteiger charge is 2.61. The van der Waals surface area contributed by atoms with E-state index in [2.05, 4.69) is 19.9 Å². The lowest BCUT2D eigenvalue weighted by molar-refractivity contribution is -0.148. The van der Waals surface area contributed by atoms with Crippen molar-refractivity contribution in [3.8, 4) is 0 Å². The SMILES string of the molecule is CC(=O)O[C@H]1CC[C@@]2(C)C(=C/C(=N/OCc3ccccc3)C3C2CC[C@@]2(C)C3CC[C@@H]2OC(=O)c2ccccc2)C1. The molecule has 0 saturated heterocycles. The lowest BCUT2D eigenvalue weighted by atomic mass is 9.47. The number of carbonyl (C=O) groups is 2. The predicted molar refractivity (Wildman–Crippen MR) is 157 cm³/mol. The molecule has 4 aliphatic carbocycles. The van der Waals surface area contributed by atoms with Gasteiger partial charge in [0.1, 0.15) is 18.8 Å². The van der Waals surface area contributed by atoms with E-state index in [0.29, 0.717) is 24.0 Å². The topological polar surface area (TPSA) is 74.2 Å². The van der Waals surface area contributed by atoms with E-state index < -0.39 is 0 Å². The van der Waals surface area contributed by atoms with Gasteiger partial charge in [-0.05, 0) is 79.5 Å². The number of oxime groups is 1. The molecule has 3 fully saturated rings. The summed E-state index contributed by atoms with van der Waals surface area (Å²) in [5.41, 5.74) is 3.91. The summed E-state index contributed by atoms with van der Waals surface area (Å²) in [5.74, 6) is 0.532. The van der Waals surface area contributed by atoms with E-state index in [9.17, 15) is 9.59 Å². The summed E-state index contributed by atoms with van der Waals surface area (Å²) in [7, 11) is 0. The normalized spacial score (nSPS) is 35.0. The lowest BCUT2D eigenvalue weighted by Gasteiger charge is -2.57. The van der Waals surface area contributed by atoms with Gasteiger partial charge in [-0.2, -0.15) is 0 Å². The molecular weight excluding hydrogens is 514 g/mol. The molecule has 7 atom stereocenters. The molecule has 0 heterocycles. The zero-order valence-electron chi connectivity index (χ0n) is 24.4. The first-order chi connectivity index (χ1) is 19.8. The number of benzene rings is 2. The van der Waals surface area contributed by atoms with Crippen LogP contribution < -0.4 is 0 Å². The van der Waals surface area contributed by atoms with Gasteiger partial charge < -0.3 is 14.3 Å². The van der Waals surface area contributed by atoms with Crippen molar-refractivity contribution in [3.63, 3.8) is 0 Å². The molecule has 0 aliphatic heterocycles. The zero-order valence-corrected chi connectivity index (χ0v) is 24.4. The largest absolute Gasteiger partial charge is 0.462 e. The molecule has 3 saturated carbocycles. The number of hydrogen-bond donors (Lipinski definition) is 0. The Balaban J connectivity index is 1.30. The fourth-order valence-corrected chi connectivity index (χ4v) is 8.49. The number of fused-ring (bicyclic) bond motifs is 5. The van der Waals surface area contributed by atoms with E-state index >= 15 is 0 Å². The average Bonchev–Trinajstić information content (AvgIpc) is 3.30. The van der Waals surface area contributed by atoms with Crippen LogP contribution >= 0.6 is 0 Å². The third kappa shape index (κ3) is 5.22. The van der Waals surface area contributed by atoms with Gasteiger partial charge >= 0.3 is 11.9 Å². The van der Waals surface area contributed by atoms with Gasteiger partial charge in [-0.3, -0.25) is 4.79 Å². The quantitative estimate of drug-likeness (QED) is 0.276. The molecule has 0 aromatic heterocycles. The summed E-state index contributed by atoms with van der Waals surface area (Å²) in [5, 5.41) is 4.82.